The zero-order valence-electron chi connectivity index (χ0n) is 19.2. The summed E-state index contributed by atoms with van der Waals surface area (Å²) in [6, 6.07) is 34.5. The summed E-state index contributed by atoms with van der Waals surface area (Å²) in [6.45, 7) is 3.83. The molecule has 4 aromatic carbocycles. The van der Waals surface area contributed by atoms with E-state index in [2.05, 4.69) is 107 Å². The average molecular weight is 430 g/mol. The number of nitrogens with one attached hydrogen (secondary N) is 1. The van der Waals surface area contributed by atoms with Crippen LogP contribution in [0.25, 0.3) is 38.6 Å². The predicted octanol–water partition coefficient (Wildman–Crippen LogP) is 7.83. The highest BCUT2D eigenvalue weighted by Crippen LogP contribution is 2.35. The van der Waals surface area contributed by atoms with Crippen molar-refractivity contribution in [2.24, 2.45) is 0 Å². The highest BCUT2D eigenvalue weighted by molar-refractivity contribution is 6.10. The Kier molecular flexibility index (Phi) is 5.31. The summed E-state index contributed by atoms with van der Waals surface area (Å²) >= 11 is 0. The van der Waals surface area contributed by atoms with Crippen molar-refractivity contribution in [2.45, 2.75) is 13.8 Å². The number of nitrogens with zero attached hydrogens (tertiary/aromatic N) is 2. The van der Waals surface area contributed by atoms with Gasteiger partial charge in [-0.05, 0) is 67.4 Å². The van der Waals surface area contributed by atoms with Gasteiger partial charge < -0.3 is 14.9 Å². The smallest absolute Gasteiger partial charge is 0.0547 e. The van der Waals surface area contributed by atoms with E-state index in [1.54, 1.807) is 6.92 Å². The van der Waals surface area contributed by atoms with Gasteiger partial charge in [-0.2, -0.15) is 0 Å². The van der Waals surface area contributed by atoms with E-state index >= 15 is 0 Å². The van der Waals surface area contributed by atoms with E-state index in [-0.39, 0.29) is 0 Å². The summed E-state index contributed by atoms with van der Waals surface area (Å²) in [5, 5.41) is 10.2. The van der Waals surface area contributed by atoms with Gasteiger partial charge in [0.05, 0.1) is 11.0 Å². The molecule has 1 heterocycles. The first-order valence-corrected chi connectivity index (χ1v) is 11.2. The van der Waals surface area contributed by atoms with Gasteiger partial charge >= 0.3 is 0 Å². The van der Waals surface area contributed by atoms with Crippen LogP contribution in [-0.4, -0.2) is 17.3 Å². The molecule has 0 atom stereocenters. The number of para-hydroxylation sites is 2. The fraction of sp³-hybridized carbons (Fsp3) is 0.100. The van der Waals surface area contributed by atoms with Gasteiger partial charge in [0.1, 0.15) is 0 Å². The Balaban J connectivity index is 1.60. The molecule has 33 heavy (non-hydrogen) atoms. The van der Waals surface area contributed by atoms with E-state index < -0.39 is 0 Å². The molecule has 0 aliphatic carbocycles. The van der Waals surface area contributed by atoms with Gasteiger partial charge in [0.2, 0.25) is 0 Å². The van der Waals surface area contributed by atoms with Crippen molar-refractivity contribution in [1.29, 1.82) is 5.41 Å². The van der Waals surface area contributed by atoms with Crippen molar-refractivity contribution in [1.82, 2.24) is 4.57 Å². The summed E-state index contributed by atoms with van der Waals surface area (Å²) < 4.78 is 2.35. The number of allylic oxidation sites excluding steroid dienone is 2. The molecule has 0 aliphatic heterocycles. The Morgan fingerprint density at radius 2 is 1.36 bits per heavy atom. The molecule has 0 saturated heterocycles. The second-order valence-electron chi connectivity index (χ2n) is 8.49. The lowest BCUT2D eigenvalue weighted by Crippen LogP contribution is -2.14. The number of anilines is 1. The third kappa shape index (κ3) is 3.83. The lowest BCUT2D eigenvalue weighted by molar-refractivity contribution is 1.09. The maximum absolute atomic E-state index is 7.71. The van der Waals surface area contributed by atoms with E-state index in [9.17, 15) is 0 Å². The molecule has 5 rings (SSSR count). The van der Waals surface area contributed by atoms with Crippen LogP contribution in [0.3, 0.4) is 0 Å². The second kappa shape index (κ2) is 8.44. The maximum atomic E-state index is 7.71. The van der Waals surface area contributed by atoms with Crippen LogP contribution in [0.2, 0.25) is 0 Å². The third-order valence-electron chi connectivity index (χ3n) is 6.23. The Morgan fingerprint density at radius 3 is 2.09 bits per heavy atom. The van der Waals surface area contributed by atoms with Gasteiger partial charge in [-0.15, -0.1) is 0 Å². The number of aromatic nitrogens is 1. The number of fused-ring (bicyclic) bond motifs is 3. The minimum Gasteiger partial charge on any atom is -0.348 e. The van der Waals surface area contributed by atoms with Crippen molar-refractivity contribution >= 4 is 33.2 Å². The van der Waals surface area contributed by atoms with Crippen molar-refractivity contribution in [3.05, 3.63) is 109 Å². The molecule has 3 nitrogen and oxygen atoms in total. The molecular formula is C30H27N3. The molecule has 0 fully saturated rings. The number of rotatable bonds is 5. The van der Waals surface area contributed by atoms with Crippen LogP contribution in [0.5, 0.6) is 0 Å². The second-order valence-corrected chi connectivity index (χ2v) is 8.49. The largest absolute Gasteiger partial charge is 0.348 e. The molecule has 1 N–H and O–H groups in total. The lowest BCUT2D eigenvalue weighted by atomic mass is 10.0. The van der Waals surface area contributed by atoms with Gasteiger partial charge in [-0.1, -0.05) is 60.7 Å². The lowest BCUT2D eigenvalue weighted by Gasteiger charge is -2.20. The highest BCUT2D eigenvalue weighted by atomic mass is 15.1. The van der Waals surface area contributed by atoms with Gasteiger partial charge in [0.25, 0.3) is 0 Å². The zero-order chi connectivity index (χ0) is 22.9. The van der Waals surface area contributed by atoms with Crippen molar-refractivity contribution < 1.29 is 0 Å². The van der Waals surface area contributed by atoms with Gasteiger partial charge in [-0.25, -0.2) is 0 Å². The van der Waals surface area contributed by atoms with Gasteiger partial charge in [0, 0.05) is 40.6 Å². The first kappa shape index (κ1) is 20.8. The minimum atomic E-state index is 0.554. The Bertz CT molecular complexity index is 1490. The monoisotopic (exact) mass is 429 g/mol. The molecule has 162 valence electrons. The SMILES string of the molecule is CC(=N)/C=C(/C)N(C)c1ccc(-c2ccc3c4ccccc4n(-c4ccccc4)c3c2)cc1. The normalized spacial score (nSPS) is 11.8. The fourth-order valence-electron chi connectivity index (χ4n) is 4.50. The number of benzene rings is 4. The Morgan fingerprint density at radius 1 is 0.727 bits per heavy atom. The predicted molar refractivity (Wildman–Crippen MR) is 142 cm³/mol. The quantitative estimate of drug-likeness (QED) is 0.284. The third-order valence-corrected chi connectivity index (χ3v) is 6.23. The Labute approximate surface area is 194 Å². The van der Waals surface area contributed by atoms with Crippen molar-refractivity contribution in [3.8, 4) is 16.8 Å². The van der Waals surface area contributed by atoms with E-state index in [1.807, 2.05) is 20.0 Å². The molecule has 0 bridgehead atoms. The summed E-state index contributed by atoms with van der Waals surface area (Å²) in [5.74, 6) is 0. The van der Waals surface area contributed by atoms with Gasteiger partial charge in [-0.3, -0.25) is 0 Å². The molecule has 3 heteroatoms. The topological polar surface area (TPSA) is 32.0 Å². The van der Waals surface area contributed by atoms with Crippen LogP contribution >= 0.6 is 0 Å². The van der Waals surface area contributed by atoms with E-state index in [1.165, 1.54) is 38.6 Å². The highest BCUT2D eigenvalue weighted by Gasteiger charge is 2.13. The standard InChI is InChI=1S/C30H27N3/c1-21(31)19-22(2)32(3)25-16-13-23(14-17-25)24-15-18-28-27-11-7-8-12-29(27)33(30(28)20-24)26-9-5-4-6-10-26/h4-20,31H,1-3H3/b22-19-,31-21?. The molecule has 0 spiro atoms. The summed E-state index contributed by atoms with van der Waals surface area (Å²) in [7, 11) is 2.04. The van der Waals surface area contributed by atoms with Crippen LogP contribution in [0.1, 0.15) is 13.8 Å². The molecule has 0 aliphatic rings. The molecular weight excluding hydrogens is 402 g/mol. The van der Waals surface area contributed by atoms with Gasteiger partial charge in [0.15, 0.2) is 0 Å². The Hall–Kier alpha value is -4.11. The molecule has 0 saturated carbocycles. The van der Waals surface area contributed by atoms with Crippen molar-refractivity contribution in [3.63, 3.8) is 0 Å². The van der Waals surface area contributed by atoms with E-state index in [4.69, 9.17) is 5.41 Å². The first-order valence-electron chi connectivity index (χ1n) is 11.2. The zero-order valence-corrected chi connectivity index (χ0v) is 19.2. The van der Waals surface area contributed by atoms with E-state index in [0.717, 1.165) is 11.4 Å². The molecule has 0 radical (unpaired) electrons. The average Bonchev–Trinajstić information content (AvgIpc) is 3.17. The molecule has 5 aromatic rings. The maximum Gasteiger partial charge on any atom is 0.0547 e. The fourth-order valence-corrected chi connectivity index (χ4v) is 4.50. The number of hydrogen-bond donors (Lipinski definition) is 1. The van der Waals surface area contributed by atoms with E-state index in [0.29, 0.717) is 5.71 Å². The molecule has 1 aromatic heterocycles. The van der Waals surface area contributed by atoms with Crippen LogP contribution in [0, 0.1) is 5.41 Å². The summed E-state index contributed by atoms with van der Waals surface area (Å²) in [5.41, 5.74) is 8.68. The molecule has 0 unspecified atom stereocenters. The summed E-state index contributed by atoms with van der Waals surface area (Å²) in [4.78, 5) is 2.11. The molecule has 0 amide bonds. The van der Waals surface area contributed by atoms with Crippen LogP contribution in [0.4, 0.5) is 5.69 Å². The van der Waals surface area contributed by atoms with Crippen LogP contribution in [-0.2, 0) is 0 Å². The summed E-state index contributed by atoms with van der Waals surface area (Å²) in [6.07, 6.45) is 1.88. The number of hydrogen-bond acceptors (Lipinski definition) is 2. The first-order chi connectivity index (χ1) is 16.0. The minimum absolute atomic E-state index is 0.554. The van der Waals surface area contributed by atoms with Crippen LogP contribution in [0.15, 0.2) is 109 Å². The van der Waals surface area contributed by atoms with Crippen LogP contribution < -0.4 is 4.90 Å². The van der Waals surface area contributed by atoms with Crippen molar-refractivity contribution in [2.75, 3.05) is 11.9 Å².